The number of anilines is 1. The second kappa shape index (κ2) is 8.95. The second-order valence-corrected chi connectivity index (χ2v) is 6.62. The molecule has 8 nitrogen and oxygen atoms in total. The van der Waals surface area contributed by atoms with Crippen LogP contribution < -0.4 is 5.73 Å². The average molecular weight is 405 g/mol. The number of rotatable bonds is 5. The molecule has 0 aliphatic carbocycles. The van der Waals surface area contributed by atoms with Crippen molar-refractivity contribution >= 4 is 40.7 Å². The fraction of sp³-hybridized carbons (Fsp3) is 0.136. The maximum atomic E-state index is 11.2. The molecule has 1 aliphatic heterocycles. The largest absolute Gasteiger partial charge is 0.481 e. The van der Waals surface area contributed by atoms with Gasteiger partial charge in [0, 0.05) is 29.3 Å². The summed E-state index contributed by atoms with van der Waals surface area (Å²) in [6.45, 7) is 0. The minimum Gasteiger partial charge on any atom is -0.481 e. The highest BCUT2D eigenvalue weighted by Gasteiger charge is 2.22. The Kier molecular flexibility index (Phi) is 6.17. The van der Waals surface area contributed by atoms with Crippen LogP contribution in [0, 0.1) is 0 Å². The topological polar surface area (TPSA) is 143 Å². The van der Waals surface area contributed by atoms with Crippen LogP contribution in [0.25, 0.3) is 10.9 Å². The van der Waals surface area contributed by atoms with Crippen LogP contribution in [0.4, 0.5) is 5.69 Å². The Morgan fingerprint density at radius 3 is 2.47 bits per heavy atom. The van der Waals surface area contributed by atoms with E-state index in [4.69, 9.17) is 10.8 Å². The molecule has 1 atom stereocenters. The summed E-state index contributed by atoms with van der Waals surface area (Å²) < 4.78 is 0. The molecule has 0 spiro atoms. The molecule has 0 bridgehead atoms. The van der Waals surface area contributed by atoms with Gasteiger partial charge in [-0.15, -0.1) is 0 Å². The maximum absolute atomic E-state index is 11.2. The SMILES string of the molecule is Nc1cccc2c1C=NC2=O.O=C(O)CCC(C(=O)O)c1ccc2ccccc2n1. The predicted octanol–water partition coefficient (Wildman–Crippen LogP) is 3.11. The fourth-order valence-corrected chi connectivity index (χ4v) is 3.05. The minimum absolute atomic E-state index is 0.0377. The first-order valence-electron chi connectivity index (χ1n) is 9.14. The summed E-state index contributed by atoms with van der Waals surface area (Å²) in [5, 5.41) is 18.8. The molecule has 4 rings (SSSR count). The monoisotopic (exact) mass is 405 g/mol. The Hall–Kier alpha value is -4.07. The lowest BCUT2D eigenvalue weighted by atomic mass is 9.98. The van der Waals surface area contributed by atoms with E-state index in [-0.39, 0.29) is 18.7 Å². The molecule has 4 N–H and O–H groups in total. The molecule has 8 heteroatoms. The lowest BCUT2D eigenvalue weighted by molar-refractivity contribution is -0.140. The van der Waals surface area contributed by atoms with Gasteiger partial charge in [0.25, 0.3) is 5.91 Å². The molecule has 0 saturated heterocycles. The molecule has 30 heavy (non-hydrogen) atoms. The third-order valence-electron chi connectivity index (χ3n) is 4.60. The summed E-state index contributed by atoms with van der Waals surface area (Å²) >= 11 is 0. The summed E-state index contributed by atoms with van der Waals surface area (Å²) in [6, 6.07) is 16.1. The molecule has 1 aliphatic rings. The van der Waals surface area contributed by atoms with Gasteiger partial charge in [0.05, 0.1) is 22.7 Å². The first kappa shape index (κ1) is 20.7. The Bertz CT molecular complexity index is 1160. The zero-order valence-corrected chi connectivity index (χ0v) is 15.9. The number of pyridine rings is 1. The molecule has 3 aromatic rings. The summed E-state index contributed by atoms with van der Waals surface area (Å²) in [5.41, 5.74) is 8.65. The molecular formula is C22H19N3O5. The van der Waals surface area contributed by atoms with E-state index in [0.29, 0.717) is 22.5 Å². The van der Waals surface area contributed by atoms with Crippen LogP contribution >= 0.6 is 0 Å². The average Bonchev–Trinajstić information content (AvgIpc) is 3.10. The van der Waals surface area contributed by atoms with Gasteiger partial charge in [-0.25, -0.2) is 4.99 Å². The number of nitrogen functional groups attached to an aromatic ring is 1. The molecule has 2 heterocycles. The molecule has 0 radical (unpaired) electrons. The van der Waals surface area contributed by atoms with Crippen molar-refractivity contribution in [2.75, 3.05) is 5.73 Å². The van der Waals surface area contributed by atoms with Gasteiger partial charge in [0.15, 0.2) is 0 Å². The number of hydrogen-bond acceptors (Lipinski definition) is 5. The van der Waals surface area contributed by atoms with Gasteiger partial charge in [-0.05, 0) is 30.7 Å². The first-order chi connectivity index (χ1) is 14.4. The Balaban J connectivity index is 0.000000196. The third kappa shape index (κ3) is 4.67. The number of amides is 1. The molecule has 1 amide bonds. The van der Waals surface area contributed by atoms with Crippen LogP contribution in [-0.2, 0) is 9.59 Å². The van der Waals surface area contributed by atoms with Gasteiger partial charge in [-0.1, -0.05) is 30.3 Å². The van der Waals surface area contributed by atoms with E-state index in [0.717, 1.165) is 10.9 Å². The number of aliphatic carboxylic acids is 2. The minimum atomic E-state index is -1.05. The second-order valence-electron chi connectivity index (χ2n) is 6.62. The summed E-state index contributed by atoms with van der Waals surface area (Å²) in [5.74, 6) is -3.15. The number of para-hydroxylation sites is 1. The van der Waals surface area contributed by atoms with E-state index in [1.54, 1.807) is 36.4 Å². The predicted molar refractivity (Wildman–Crippen MR) is 112 cm³/mol. The van der Waals surface area contributed by atoms with Crippen molar-refractivity contribution in [1.29, 1.82) is 0 Å². The van der Waals surface area contributed by atoms with Crippen LogP contribution in [0.3, 0.4) is 0 Å². The van der Waals surface area contributed by atoms with Crippen LogP contribution in [0.5, 0.6) is 0 Å². The van der Waals surface area contributed by atoms with Crippen molar-refractivity contribution in [2.24, 2.45) is 4.99 Å². The molecule has 152 valence electrons. The van der Waals surface area contributed by atoms with Crippen LogP contribution in [0.2, 0.25) is 0 Å². The normalized spacial score (nSPS) is 12.7. The smallest absolute Gasteiger partial charge is 0.312 e. The molecule has 2 aromatic carbocycles. The van der Waals surface area contributed by atoms with E-state index in [2.05, 4.69) is 9.98 Å². The van der Waals surface area contributed by atoms with Gasteiger partial charge in [0.1, 0.15) is 0 Å². The molecule has 0 fully saturated rings. The molecule has 0 saturated carbocycles. The van der Waals surface area contributed by atoms with Gasteiger partial charge in [-0.2, -0.15) is 0 Å². The number of fused-ring (bicyclic) bond motifs is 2. The summed E-state index contributed by atoms with van der Waals surface area (Å²) in [4.78, 5) is 40.7. The van der Waals surface area contributed by atoms with E-state index < -0.39 is 17.9 Å². The maximum Gasteiger partial charge on any atom is 0.312 e. The molecule has 1 unspecified atom stereocenters. The van der Waals surface area contributed by atoms with E-state index in [1.165, 1.54) is 6.21 Å². The summed E-state index contributed by atoms with van der Waals surface area (Å²) in [7, 11) is 0. The van der Waals surface area contributed by atoms with Crippen molar-refractivity contribution in [3.63, 3.8) is 0 Å². The zero-order chi connectivity index (χ0) is 21.7. The highest BCUT2D eigenvalue weighted by atomic mass is 16.4. The van der Waals surface area contributed by atoms with Gasteiger partial charge in [0.2, 0.25) is 0 Å². The number of aliphatic imine (C=N–C) groups is 1. The van der Waals surface area contributed by atoms with Crippen LogP contribution in [0.1, 0.15) is 40.4 Å². The van der Waals surface area contributed by atoms with Crippen molar-refractivity contribution in [1.82, 2.24) is 4.98 Å². The number of aromatic nitrogens is 1. The van der Waals surface area contributed by atoms with E-state index in [1.807, 2.05) is 18.2 Å². The fourth-order valence-electron chi connectivity index (χ4n) is 3.05. The van der Waals surface area contributed by atoms with Crippen molar-refractivity contribution in [2.45, 2.75) is 18.8 Å². The number of nitrogens with two attached hydrogens (primary N) is 1. The van der Waals surface area contributed by atoms with Crippen LogP contribution in [-0.4, -0.2) is 39.3 Å². The van der Waals surface area contributed by atoms with Gasteiger partial charge < -0.3 is 15.9 Å². The van der Waals surface area contributed by atoms with Gasteiger partial charge in [-0.3, -0.25) is 19.4 Å². The first-order valence-corrected chi connectivity index (χ1v) is 9.14. The zero-order valence-electron chi connectivity index (χ0n) is 15.9. The Morgan fingerprint density at radius 1 is 1.00 bits per heavy atom. The van der Waals surface area contributed by atoms with E-state index >= 15 is 0 Å². The van der Waals surface area contributed by atoms with Crippen LogP contribution in [0.15, 0.2) is 59.6 Å². The lowest BCUT2D eigenvalue weighted by Gasteiger charge is -2.11. The number of carbonyl (C=O) groups excluding carboxylic acids is 1. The highest BCUT2D eigenvalue weighted by molar-refractivity contribution is 6.15. The number of hydrogen-bond donors (Lipinski definition) is 3. The lowest BCUT2D eigenvalue weighted by Crippen LogP contribution is -2.14. The molecular weight excluding hydrogens is 386 g/mol. The number of benzene rings is 2. The van der Waals surface area contributed by atoms with Crippen molar-refractivity contribution in [3.05, 3.63) is 71.4 Å². The number of carboxylic acids is 2. The third-order valence-corrected chi connectivity index (χ3v) is 4.60. The quantitative estimate of drug-likeness (QED) is 0.553. The Morgan fingerprint density at radius 2 is 1.77 bits per heavy atom. The highest BCUT2D eigenvalue weighted by Crippen LogP contribution is 2.23. The van der Waals surface area contributed by atoms with Crippen molar-refractivity contribution in [3.8, 4) is 0 Å². The Labute approximate surface area is 171 Å². The summed E-state index contributed by atoms with van der Waals surface area (Å²) in [6.07, 6.45) is 1.36. The number of carboxylic acid groups (broad SMARTS) is 2. The number of nitrogens with zero attached hydrogens (tertiary/aromatic N) is 2. The standard InChI is InChI=1S/C14H13NO4.C8H6N2O/c16-13(17)8-6-10(14(18)19)12-7-5-9-3-1-2-4-11(9)15-12;9-7-3-1-2-5-6(7)4-10-8(5)11/h1-5,7,10H,6,8H2,(H,16,17)(H,18,19);1-4H,9H2. The van der Waals surface area contributed by atoms with Gasteiger partial charge >= 0.3 is 11.9 Å². The van der Waals surface area contributed by atoms with Crippen molar-refractivity contribution < 1.29 is 24.6 Å². The number of carbonyl (C=O) groups is 3. The molecule has 1 aromatic heterocycles. The van der Waals surface area contributed by atoms with E-state index in [9.17, 15) is 19.5 Å².